The van der Waals surface area contributed by atoms with Gasteiger partial charge in [0.25, 0.3) is 30.4 Å². The quantitative estimate of drug-likeness (QED) is 0.0704. The van der Waals surface area contributed by atoms with Gasteiger partial charge in [0.2, 0.25) is 0 Å². The van der Waals surface area contributed by atoms with Crippen LogP contribution in [0.25, 0.3) is 32.3 Å². The molecule has 0 atom stereocenters. The first-order valence-corrected chi connectivity index (χ1v) is 12.8. The first-order chi connectivity index (χ1) is 14.2. The molecule has 0 amide bonds. The van der Waals surface area contributed by atoms with Gasteiger partial charge in [0.15, 0.2) is 0 Å². The maximum atomic E-state index is 12.0. The van der Waals surface area contributed by atoms with Gasteiger partial charge in [-0.2, -0.15) is 30.2 Å². The molecule has 0 saturated heterocycles. The molecular weight excluding hydrogens is 559 g/mol. The second kappa shape index (κ2) is 11.1. The average molecular weight is 572 g/mol. The van der Waals surface area contributed by atoms with Crippen molar-refractivity contribution < 1.29 is 132 Å². The maximum absolute atomic E-state index is 12.0. The number of benzene rings is 4. The fourth-order valence-corrected chi connectivity index (χ4v) is 5.97. The van der Waals surface area contributed by atoms with Gasteiger partial charge < -0.3 is 4.28 Å². The number of aliphatic imine (C=N–C) groups is 1. The van der Waals surface area contributed by atoms with E-state index in [1.54, 1.807) is 0 Å². The number of hydrogen-bond acceptors (Lipinski definition) is 8. The Balaban J connectivity index is -0.00000193. The van der Waals surface area contributed by atoms with E-state index in [-0.39, 0.29) is 131 Å². The first-order valence-electron chi connectivity index (χ1n) is 8.04. The zero-order valence-corrected chi connectivity index (χ0v) is 27.1. The summed E-state index contributed by atoms with van der Waals surface area (Å²) in [6, 6.07) is 6.61. The second-order valence-electron chi connectivity index (χ2n) is 6.47. The van der Waals surface area contributed by atoms with Crippen LogP contribution in [0.1, 0.15) is 4.28 Å². The van der Waals surface area contributed by atoms with Crippen molar-refractivity contribution in [3.05, 3.63) is 36.4 Å². The van der Waals surface area contributed by atoms with E-state index in [1.165, 1.54) is 18.2 Å². The predicted octanol–water partition coefficient (Wildman–Crippen LogP) is -5.59. The van der Waals surface area contributed by atoms with Crippen molar-refractivity contribution in [1.29, 1.82) is 0 Å². The van der Waals surface area contributed by atoms with Crippen molar-refractivity contribution >= 4 is 85.7 Å². The Morgan fingerprint density at radius 1 is 0.647 bits per heavy atom. The van der Waals surface area contributed by atoms with Crippen LogP contribution in [-0.4, -0.2) is 44.1 Å². The Morgan fingerprint density at radius 2 is 0.971 bits per heavy atom. The summed E-state index contributed by atoms with van der Waals surface area (Å²) in [4.78, 5) is 1.55. The van der Waals surface area contributed by atoms with E-state index in [1.807, 2.05) is 0 Å². The molecule has 0 heterocycles. The minimum atomic E-state index is -4.96. The van der Waals surface area contributed by atoms with E-state index in [0.29, 0.717) is 6.07 Å². The molecule has 34 heavy (non-hydrogen) atoms. The second-order valence-corrected chi connectivity index (χ2v) is 10.8. The largest absolute Gasteiger partial charge is 1.00 e. The van der Waals surface area contributed by atoms with Crippen LogP contribution in [0, 0.1) is 0 Å². The fraction of sp³-hybridized carbons (Fsp3) is 0. The van der Waals surface area contributed by atoms with Crippen molar-refractivity contribution in [3.63, 3.8) is 0 Å². The summed E-state index contributed by atoms with van der Waals surface area (Å²) in [5.74, 6) is 0. The van der Waals surface area contributed by atoms with Crippen LogP contribution >= 0.6 is 12.2 Å². The summed E-state index contributed by atoms with van der Waals surface area (Å²) < 4.78 is 101. The van der Waals surface area contributed by atoms with Gasteiger partial charge in [-0.1, -0.05) is 24.3 Å². The van der Waals surface area contributed by atoms with Crippen molar-refractivity contribution in [3.8, 4) is 0 Å². The number of nitrogens with zero attached hydrogens (tertiary/aromatic N) is 1. The summed E-state index contributed by atoms with van der Waals surface area (Å²) in [6.07, 6.45) is 0. The molecule has 0 unspecified atom stereocenters. The van der Waals surface area contributed by atoms with E-state index in [2.05, 4.69) is 22.4 Å². The average Bonchev–Trinajstić information content (AvgIpc) is 2.63. The summed E-state index contributed by atoms with van der Waals surface area (Å²) in [6.45, 7) is 0. The van der Waals surface area contributed by atoms with Gasteiger partial charge in [-0.05, 0) is 24.4 Å². The Hall–Kier alpha value is 0.450. The third kappa shape index (κ3) is 5.64. The van der Waals surface area contributed by atoms with Gasteiger partial charge in [-0.15, -0.1) is 0 Å². The number of hydrogen-bond donors (Lipinski definition) is 3. The first kappa shape index (κ1) is 32.5. The molecule has 4 aromatic carbocycles. The molecule has 10 nitrogen and oxygen atoms in total. The summed E-state index contributed by atoms with van der Waals surface area (Å²) >= 11 is 4.57. The summed E-state index contributed by atoms with van der Waals surface area (Å²) in [7, 11) is -14.7. The van der Waals surface area contributed by atoms with Crippen molar-refractivity contribution in [2.24, 2.45) is 4.99 Å². The van der Waals surface area contributed by atoms with Crippen molar-refractivity contribution in [2.45, 2.75) is 14.7 Å². The monoisotopic (exact) mass is 571 g/mol. The minimum Gasteiger partial charge on any atom is -1.00 e. The molecule has 0 saturated carbocycles. The van der Waals surface area contributed by atoms with Crippen LogP contribution in [0.15, 0.2) is 56.1 Å². The molecule has 4 aromatic rings. The predicted molar refractivity (Wildman–Crippen MR) is 118 cm³/mol. The van der Waals surface area contributed by atoms with Crippen LogP contribution in [-0.2, 0) is 30.4 Å². The molecular formula is C17H12NNa3O9S4. The summed E-state index contributed by atoms with van der Waals surface area (Å²) in [5, 5.41) is 1.85. The Bertz CT molecular complexity index is 1780. The van der Waals surface area contributed by atoms with Crippen LogP contribution in [0.3, 0.4) is 0 Å². The molecule has 0 radical (unpaired) electrons. The molecule has 0 aliphatic heterocycles. The van der Waals surface area contributed by atoms with Gasteiger partial charge in [-0.3, -0.25) is 13.7 Å². The molecule has 0 aromatic heterocycles. The molecule has 0 aliphatic rings. The molecule has 17 heteroatoms. The third-order valence-electron chi connectivity index (χ3n) is 4.76. The van der Waals surface area contributed by atoms with Gasteiger partial charge in [0, 0.05) is 32.3 Å². The molecule has 3 N–H and O–H groups in total. The summed E-state index contributed by atoms with van der Waals surface area (Å²) in [5.41, 5.74) is -0.0461. The third-order valence-corrected chi connectivity index (χ3v) is 7.53. The van der Waals surface area contributed by atoms with E-state index in [4.69, 9.17) is 0 Å². The molecule has 0 aliphatic carbocycles. The van der Waals surface area contributed by atoms with E-state index < -0.39 is 45.0 Å². The Labute approximate surface area is 270 Å². The zero-order chi connectivity index (χ0) is 22.9. The molecule has 0 fully saturated rings. The van der Waals surface area contributed by atoms with Crippen molar-refractivity contribution in [1.82, 2.24) is 0 Å². The number of rotatable bonds is 4. The molecule has 166 valence electrons. The molecule has 0 bridgehead atoms. The maximum Gasteiger partial charge on any atom is 1.00 e. The Kier molecular flexibility index (Phi) is 10.6. The van der Waals surface area contributed by atoms with Crippen LogP contribution in [0.4, 0.5) is 5.69 Å². The van der Waals surface area contributed by atoms with E-state index in [0.717, 1.165) is 12.1 Å². The van der Waals surface area contributed by atoms with Gasteiger partial charge in [0.1, 0.15) is 14.7 Å². The van der Waals surface area contributed by atoms with Gasteiger partial charge >= 0.3 is 88.7 Å². The van der Waals surface area contributed by atoms with Gasteiger partial charge in [-0.25, -0.2) is 0 Å². The van der Waals surface area contributed by atoms with Crippen molar-refractivity contribution in [2.75, 3.05) is 0 Å². The number of thiocarbonyl (C=S) groups is 1. The van der Waals surface area contributed by atoms with Gasteiger partial charge in [0.05, 0.1) is 10.8 Å². The smallest absolute Gasteiger partial charge is 1.00 e. The van der Waals surface area contributed by atoms with Crippen LogP contribution < -0.4 is 88.7 Å². The Morgan fingerprint density at radius 3 is 1.32 bits per heavy atom. The topological polar surface area (TPSA) is 175 Å². The molecule has 4 rings (SSSR count). The standard InChI is InChI=1S/C17H9NO9S4.3Na.3H/c19-29(20,21)13-5-12(18-7-28)8-1-2-10-14(30(22,23)24)6-15(31(25,26)27)11-4-3-9(13)16(8)17(10)11;;;;;;/h1-6H,(H,19,20,21)(H,22,23,24)(H,25,26,27);;;;;;/q;3*+1;3*-1. The van der Waals surface area contributed by atoms with Crippen LogP contribution in [0.5, 0.6) is 0 Å². The normalized spacial score (nSPS) is 12.0. The molecule has 0 spiro atoms. The zero-order valence-electron chi connectivity index (χ0n) is 20.8. The minimum absolute atomic E-state index is 0. The number of isothiocyanates is 1. The fourth-order valence-electron chi connectivity index (χ4n) is 3.66. The van der Waals surface area contributed by atoms with Crippen LogP contribution in [0.2, 0.25) is 0 Å². The SMILES string of the molecule is O=S(=O)(O)c1cc(N=C=S)c2ccc3c(S(=O)(=O)O)cc(S(=O)(=O)O)c4ccc1c2c34.[H-].[H-].[H-].[Na+].[Na+].[Na+]. The van der Waals surface area contributed by atoms with E-state index in [9.17, 15) is 38.9 Å². The van der Waals surface area contributed by atoms with E-state index >= 15 is 0 Å².